The number of aryl methyl sites for hydroxylation is 1. The van der Waals surface area contributed by atoms with Crippen LogP contribution in [0.5, 0.6) is 0 Å². The summed E-state index contributed by atoms with van der Waals surface area (Å²) >= 11 is 5.94. The Morgan fingerprint density at radius 2 is 2.03 bits per heavy atom. The molecule has 3 aromatic rings. The Kier molecular flexibility index (Phi) is 5.99. The average molecular weight is 427 g/mol. The van der Waals surface area contributed by atoms with E-state index < -0.39 is 0 Å². The third-order valence-corrected chi connectivity index (χ3v) is 5.52. The number of oxazole rings is 1. The SMILES string of the molecule is Cc1ccc(=O)n(CC(=O)N2CCC[C@@H](c3ncc(Cc4ccc(Cl)cc4)o3)C2)n1. The van der Waals surface area contributed by atoms with Gasteiger partial charge in [-0.3, -0.25) is 9.59 Å². The van der Waals surface area contributed by atoms with Gasteiger partial charge in [0.15, 0.2) is 5.89 Å². The molecule has 4 rings (SSSR count). The molecule has 0 bridgehead atoms. The third kappa shape index (κ3) is 4.79. The van der Waals surface area contributed by atoms with Crippen molar-refractivity contribution >= 4 is 17.5 Å². The summed E-state index contributed by atoms with van der Waals surface area (Å²) in [5.41, 5.74) is 1.52. The molecule has 1 aliphatic heterocycles. The van der Waals surface area contributed by atoms with Crippen LogP contribution in [-0.4, -0.2) is 38.7 Å². The maximum atomic E-state index is 12.7. The number of likely N-dealkylation sites (tertiary alicyclic amines) is 1. The summed E-state index contributed by atoms with van der Waals surface area (Å²) in [7, 11) is 0. The summed E-state index contributed by atoms with van der Waals surface area (Å²) in [6.45, 7) is 2.93. The van der Waals surface area contributed by atoms with Gasteiger partial charge in [-0.2, -0.15) is 5.10 Å². The fraction of sp³-hybridized carbons (Fsp3) is 0.364. The number of halogens is 1. The van der Waals surface area contributed by atoms with Crippen LogP contribution in [0.4, 0.5) is 0 Å². The molecular weight excluding hydrogens is 404 g/mol. The lowest BCUT2D eigenvalue weighted by Crippen LogP contribution is -2.42. The molecule has 2 aromatic heterocycles. The number of hydrogen-bond donors (Lipinski definition) is 0. The summed E-state index contributed by atoms with van der Waals surface area (Å²) < 4.78 is 7.21. The first-order valence-electron chi connectivity index (χ1n) is 9.99. The number of hydrogen-bond acceptors (Lipinski definition) is 5. The summed E-state index contributed by atoms with van der Waals surface area (Å²) in [5.74, 6) is 1.37. The summed E-state index contributed by atoms with van der Waals surface area (Å²) in [5, 5.41) is 4.85. The highest BCUT2D eigenvalue weighted by Gasteiger charge is 2.28. The minimum Gasteiger partial charge on any atom is -0.445 e. The van der Waals surface area contributed by atoms with Crippen molar-refractivity contribution in [3.05, 3.63) is 80.9 Å². The van der Waals surface area contributed by atoms with Gasteiger partial charge in [-0.05, 0) is 43.5 Å². The average Bonchev–Trinajstić information content (AvgIpc) is 3.21. The zero-order valence-corrected chi connectivity index (χ0v) is 17.5. The van der Waals surface area contributed by atoms with Crippen LogP contribution in [-0.2, 0) is 17.8 Å². The Morgan fingerprint density at radius 3 is 2.83 bits per heavy atom. The third-order valence-electron chi connectivity index (χ3n) is 5.27. The molecule has 1 saturated heterocycles. The van der Waals surface area contributed by atoms with Crippen LogP contribution in [0.1, 0.15) is 41.7 Å². The van der Waals surface area contributed by atoms with Gasteiger partial charge in [0.05, 0.1) is 17.8 Å². The first-order valence-corrected chi connectivity index (χ1v) is 10.4. The monoisotopic (exact) mass is 426 g/mol. The van der Waals surface area contributed by atoms with E-state index in [0.29, 0.717) is 36.1 Å². The van der Waals surface area contributed by atoms with Crippen LogP contribution in [0.2, 0.25) is 5.02 Å². The molecule has 0 radical (unpaired) electrons. The number of nitrogens with zero attached hydrogens (tertiary/aromatic N) is 4. The molecule has 1 fully saturated rings. The van der Waals surface area contributed by atoms with E-state index in [4.69, 9.17) is 16.0 Å². The van der Waals surface area contributed by atoms with E-state index in [1.807, 2.05) is 24.3 Å². The van der Waals surface area contributed by atoms with Crippen molar-refractivity contribution in [3.8, 4) is 0 Å². The van der Waals surface area contributed by atoms with Crippen molar-refractivity contribution < 1.29 is 9.21 Å². The second-order valence-corrected chi connectivity index (χ2v) is 8.05. The molecule has 8 heteroatoms. The number of carbonyl (C=O) groups excluding carboxylic acids is 1. The van der Waals surface area contributed by atoms with E-state index in [-0.39, 0.29) is 23.9 Å². The largest absolute Gasteiger partial charge is 0.445 e. The molecule has 0 aliphatic carbocycles. The number of aromatic nitrogens is 3. The van der Waals surface area contributed by atoms with Crippen molar-refractivity contribution in [3.63, 3.8) is 0 Å². The van der Waals surface area contributed by atoms with Crippen LogP contribution in [0, 0.1) is 6.92 Å². The summed E-state index contributed by atoms with van der Waals surface area (Å²) in [6, 6.07) is 10.7. The van der Waals surface area contributed by atoms with Gasteiger partial charge in [0.1, 0.15) is 12.3 Å². The number of piperidine rings is 1. The van der Waals surface area contributed by atoms with E-state index in [0.717, 1.165) is 24.2 Å². The lowest BCUT2D eigenvalue weighted by molar-refractivity contribution is -0.133. The van der Waals surface area contributed by atoms with Crippen LogP contribution in [0.3, 0.4) is 0 Å². The Hall–Kier alpha value is -2.93. The van der Waals surface area contributed by atoms with Gasteiger partial charge in [-0.25, -0.2) is 9.67 Å². The quantitative estimate of drug-likeness (QED) is 0.625. The molecule has 0 N–H and O–H groups in total. The maximum Gasteiger partial charge on any atom is 0.267 e. The van der Waals surface area contributed by atoms with E-state index >= 15 is 0 Å². The van der Waals surface area contributed by atoms with Gasteiger partial charge in [0.25, 0.3) is 5.56 Å². The maximum absolute atomic E-state index is 12.7. The van der Waals surface area contributed by atoms with Gasteiger partial charge in [-0.15, -0.1) is 0 Å². The fourth-order valence-electron chi connectivity index (χ4n) is 3.69. The predicted molar refractivity (Wildman–Crippen MR) is 113 cm³/mol. The number of carbonyl (C=O) groups is 1. The minimum atomic E-state index is -0.276. The number of rotatable bonds is 5. The minimum absolute atomic E-state index is 0.0452. The molecule has 3 heterocycles. The molecule has 0 saturated carbocycles. The lowest BCUT2D eigenvalue weighted by Gasteiger charge is -2.31. The van der Waals surface area contributed by atoms with Gasteiger partial charge in [-0.1, -0.05) is 23.7 Å². The predicted octanol–water partition coefficient (Wildman–Crippen LogP) is 3.19. The molecule has 1 aromatic carbocycles. The zero-order valence-electron chi connectivity index (χ0n) is 16.8. The Labute approximate surface area is 179 Å². The molecule has 7 nitrogen and oxygen atoms in total. The molecule has 0 spiro atoms. The van der Waals surface area contributed by atoms with Crippen molar-refractivity contribution in [2.24, 2.45) is 0 Å². The van der Waals surface area contributed by atoms with Crippen molar-refractivity contribution in [1.82, 2.24) is 19.7 Å². The Bertz CT molecular complexity index is 1090. The molecule has 1 aliphatic rings. The van der Waals surface area contributed by atoms with E-state index in [1.165, 1.54) is 10.7 Å². The summed E-state index contributed by atoms with van der Waals surface area (Å²) in [4.78, 5) is 30.9. The van der Waals surface area contributed by atoms with Crippen LogP contribution in [0.25, 0.3) is 0 Å². The number of benzene rings is 1. The van der Waals surface area contributed by atoms with E-state index in [9.17, 15) is 9.59 Å². The van der Waals surface area contributed by atoms with Gasteiger partial charge in [0, 0.05) is 30.6 Å². The first kappa shape index (κ1) is 20.3. The normalized spacial score (nSPS) is 16.6. The summed E-state index contributed by atoms with van der Waals surface area (Å²) in [6.07, 6.45) is 4.16. The highest BCUT2D eigenvalue weighted by molar-refractivity contribution is 6.30. The first-order chi connectivity index (χ1) is 14.5. The molecular formula is C22H23ClN4O3. The zero-order chi connectivity index (χ0) is 21.1. The van der Waals surface area contributed by atoms with Gasteiger partial charge >= 0.3 is 0 Å². The van der Waals surface area contributed by atoms with Crippen molar-refractivity contribution in [1.29, 1.82) is 0 Å². The Morgan fingerprint density at radius 1 is 1.23 bits per heavy atom. The standard InChI is InChI=1S/C22H23ClN4O3/c1-15-4-9-20(28)27(25-15)14-21(29)26-10-2-3-17(13-26)22-24-12-19(30-22)11-16-5-7-18(23)8-6-16/h4-9,12,17H,2-3,10-11,13-14H2,1H3/t17-/m1/s1. The van der Waals surface area contributed by atoms with E-state index in [2.05, 4.69) is 10.1 Å². The van der Waals surface area contributed by atoms with Gasteiger partial charge in [0.2, 0.25) is 5.91 Å². The molecule has 1 atom stereocenters. The van der Waals surface area contributed by atoms with Crippen molar-refractivity contribution in [2.45, 2.75) is 38.6 Å². The highest BCUT2D eigenvalue weighted by Crippen LogP contribution is 2.27. The molecule has 30 heavy (non-hydrogen) atoms. The van der Waals surface area contributed by atoms with Crippen LogP contribution < -0.4 is 5.56 Å². The van der Waals surface area contributed by atoms with E-state index in [1.54, 1.807) is 24.1 Å². The van der Waals surface area contributed by atoms with Crippen LogP contribution >= 0.6 is 11.6 Å². The topological polar surface area (TPSA) is 81.2 Å². The second-order valence-electron chi connectivity index (χ2n) is 7.62. The second kappa shape index (κ2) is 8.83. The van der Waals surface area contributed by atoms with Crippen LogP contribution in [0.15, 0.2) is 51.8 Å². The smallest absolute Gasteiger partial charge is 0.267 e. The molecule has 0 unspecified atom stereocenters. The fourth-order valence-corrected chi connectivity index (χ4v) is 3.82. The number of amides is 1. The lowest BCUT2D eigenvalue weighted by atomic mass is 9.98. The van der Waals surface area contributed by atoms with Crippen molar-refractivity contribution in [2.75, 3.05) is 13.1 Å². The molecule has 156 valence electrons. The highest BCUT2D eigenvalue weighted by atomic mass is 35.5. The molecule has 1 amide bonds. The Balaban J connectivity index is 1.40. The van der Waals surface area contributed by atoms with Gasteiger partial charge < -0.3 is 9.32 Å².